The van der Waals surface area contributed by atoms with Gasteiger partial charge in [0.05, 0.1) is 11.2 Å². The lowest BCUT2D eigenvalue weighted by atomic mass is 9.70. The highest BCUT2D eigenvalue weighted by Crippen LogP contribution is 2.44. The van der Waals surface area contributed by atoms with Gasteiger partial charge in [-0.1, -0.05) is 38.0 Å². The van der Waals surface area contributed by atoms with E-state index in [-0.39, 0.29) is 12.0 Å². The van der Waals surface area contributed by atoms with E-state index in [1.54, 1.807) is 6.07 Å². The van der Waals surface area contributed by atoms with E-state index in [1.807, 2.05) is 14.0 Å². The van der Waals surface area contributed by atoms with Crippen LogP contribution in [0.5, 0.6) is 0 Å². The smallest absolute Gasteiger partial charge is 0.388 e. The number of aliphatic hydroxyl groups is 1. The van der Waals surface area contributed by atoms with Gasteiger partial charge < -0.3 is 10.4 Å². The molecule has 0 bridgehead atoms. The van der Waals surface area contributed by atoms with Gasteiger partial charge in [-0.05, 0) is 37.9 Å². The lowest BCUT2D eigenvalue weighted by molar-refractivity contribution is -0.137. The van der Waals surface area contributed by atoms with E-state index in [1.165, 1.54) is 12.1 Å². The van der Waals surface area contributed by atoms with Crippen LogP contribution in [-0.2, 0) is 6.18 Å². The highest BCUT2D eigenvalue weighted by atomic mass is 19.4. The molecular weight excluding hydrogens is 341 g/mol. The van der Waals surface area contributed by atoms with Crippen molar-refractivity contribution in [2.45, 2.75) is 68.8 Å². The number of hydrogen-bond donors (Lipinski definition) is 2. The summed E-state index contributed by atoms with van der Waals surface area (Å²) in [7, 11) is 1.95. The summed E-state index contributed by atoms with van der Waals surface area (Å²) in [6.07, 6.45) is 0.189. The summed E-state index contributed by atoms with van der Waals surface area (Å²) in [5.41, 5.74) is -1.07. The third-order valence-electron chi connectivity index (χ3n) is 6.41. The molecule has 1 aromatic carbocycles. The third kappa shape index (κ3) is 3.78. The predicted molar refractivity (Wildman–Crippen MR) is 96.1 cm³/mol. The Hall–Kier alpha value is -1.11. The first-order valence-corrected chi connectivity index (χ1v) is 9.56. The van der Waals surface area contributed by atoms with Gasteiger partial charge in [0.1, 0.15) is 0 Å². The lowest BCUT2D eigenvalue weighted by Gasteiger charge is -2.48. The molecule has 0 radical (unpaired) electrons. The summed E-state index contributed by atoms with van der Waals surface area (Å²) in [5, 5.41) is 14.9. The molecule has 2 N–H and O–H groups in total. The standard InChI is InChI=1S/C20H29F3N2O/c1-14(15-6-5-7-16(12-15)20(21,22)23)19(26)10-4-3-8-18(19)25-11-9-17(13-25)24-2/h5-7,12,14,17-18,24,26H,3-4,8-11,13H2,1-2H3/t14?,17-,18?,19?/m1/s1. The minimum Gasteiger partial charge on any atom is -0.388 e. The summed E-state index contributed by atoms with van der Waals surface area (Å²) in [6.45, 7) is 3.69. The van der Waals surface area contributed by atoms with Crippen molar-refractivity contribution in [1.82, 2.24) is 10.2 Å². The van der Waals surface area contributed by atoms with Crippen LogP contribution in [0.15, 0.2) is 24.3 Å². The number of nitrogens with zero attached hydrogens (tertiary/aromatic N) is 1. The molecule has 6 heteroatoms. The fraction of sp³-hybridized carbons (Fsp3) is 0.700. The van der Waals surface area contributed by atoms with E-state index in [9.17, 15) is 18.3 Å². The molecule has 0 spiro atoms. The average Bonchev–Trinajstić information content (AvgIpc) is 3.09. The van der Waals surface area contributed by atoms with Crippen molar-refractivity contribution in [3.8, 4) is 0 Å². The maximum Gasteiger partial charge on any atom is 0.416 e. The zero-order valence-corrected chi connectivity index (χ0v) is 15.5. The van der Waals surface area contributed by atoms with Gasteiger partial charge in [-0.25, -0.2) is 0 Å². The maximum atomic E-state index is 13.1. The molecule has 1 aliphatic carbocycles. The van der Waals surface area contributed by atoms with E-state index < -0.39 is 17.3 Å². The number of halogens is 3. The summed E-state index contributed by atoms with van der Waals surface area (Å²) in [6, 6.07) is 5.88. The molecule has 0 amide bonds. The van der Waals surface area contributed by atoms with E-state index >= 15 is 0 Å². The van der Waals surface area contributed by atoms with Crippen LogP contribution in [0.3, 0.4) is 0 Å². The van der Waals surface area contributed by atoms with Crippen molar-refractivity contribution in [3.05, 3.63) is 35.4 Å². The third-order valence-corrected chi connectivity index (χ3v) is 6.41. The first-order chi connectivity index (χ1) is 12.3. The molecule has 1 aliphatic heterocycles. The molecule has 3 nitrogen and oxygen atoms in total. The second-order valence-corrected chi connectivity index (χ2v) is 7.87. The summed E-state index contributed by atoms with van der Waals surface area (Å²) in [5.74, 6) is -0.344. The Balaban J connectivity index is 1.86. The minimum absolute atomic E-state index is 0.000794. The fourth-order valence-electron chi connectivity index (χ4n) is 4.75. The normalized spacial score (nSPS) is 31.9. The summed E-state index contributed by atoms with van der Waals surface area (Å²) < 4.78 is 39.3. The van der Waals surface area contributed by atoms with Crippen LogP contribution in [-0.4, -0.2) is 47.8 Å². The zero-order chi connectivity index (χ0) is 18.9. The second-order valence-electron chi connectivity index (χ2n) is 7.87. The molecule has 1 aromatic rings. The molecule has 1 saturated carbocycles. The Labute approximate surface area is 153 Å². The molecule has 26 heavy (non-hydrogen) atoms. The van der Waals surface area contributed by atoms with Gasteiger partial charge in [-0.3, -0.25) is 4.90 Å². The van der Waals surface area contributed by atoms with Crippen molar-refractivity contribution < 1.29 is 18.3 Å². The topological polar surface area (TPSA) is 35.5 Å². The monoisotopic (exact) mass is 370 g/mol. The highest BCUT2D eigenvalue weighted by Gasteiger charge is 2.48. The van der Waals surface area contributed by atoms with Crippen LogP contribution >= 0.6 is 0 Å². The molecule has 2 aliphatic rings. The number of likely N-dealkylation sites (tertiary alicyclic amines) is 1. The maximum absolute atomic E-state index is 13.1. The Bertz CT molecular complexity index is 621. The molecule has 3 unspecified atom stereocenters. The quantitative estimate of drug-likeness (QED) is 0.847. The van der Waals surface area contributed by atoms with E-state index in [0.29, 0.717) is 18.0 Å². The minimum atomic E-state index is -4.36. The van der Waals surface area contributed by atoms with E-state index in [2.05, 4.69) is 10.2 Å². The van der Waals surface area contributed by atoms with Gasteiger partial charge in [0.25, 0.3) is 0 Å². The van der Waals surface area contributed by atoms with Crippen LogP contribution in [0.2, 0.25) is 0 Å². The molecule has 146 valence electrons. The molecule has 0 aromatic heterocycles. The van der Waals surface area contributed by atoms with E-state index in [0.717, 1.165) is 44.8 Å². The fourth-order valence-corrected chi connectivity index (χ4v) is 4.75. The van der Waals surface area contributed by atoms with Crippen LogP contribution in [0.4, 0.5) is 13.2 Å². The Morgan fingerprint density at radius 1 is 1.27 bits per heavy atom. The summed E-state index contributed by atoms with van der Waals surface area (Å²) in [4.78, 5) is 2.34. The molecule has 1 heterocycles. The average molecular weight is 370 g/mol. The molecule has 2 fully saturated rings. The van der Waals surface area contributed by atoms with Crippen molar-refractivity contribution in [3.63, 3.8) is 0 Å². The number of benzene rings is 1. The van der Waals surface area contributed by atoms with Crippen molar-refractivity contribution in [1.29, 1.82) is 0 Å². The largest absolute Gasteiger partial charge is 0.416 e. The van der Waals surface area contributed by atoms with Gasteiger partial charge in [0.2, 0.25) is 0 Å². The zero-order valence-electron chi connectivity index (χ0n) is 15.5. The van der Waals surface area contributed by atoms with Crippen molar-refractivity contribution in [2.75, 3.05) is 20.1 Å². The van der Waals surface area contributed by atoms with Crippen molar-refractivity contribution in [2.24, 2.45) is 0 Å². The molecule has 1 saturated heterocycles. The lowest BCUT2D eigenvalue weighted by Crippen LogP contribution is -2.57. The first kappa shape index (κ1) is 19.6. The van der Waals surface area contributed by atoms with E-state index in [4.69, 9.17) is 0 Å². The van der Waals surface area contributed by atoms with Crippen LogP contribution < -0.4 is 5.32 Å². The number of likely N-dealkylation sites (N-methyl/N-ethyl adjacent to an activating group) is 1. The number of rotatable bonds is 4. The number of hydrogen-bond acceptors (Lipinski definition) is 3. The SMILES string of the molecule is CN[C@@H]1CCN(C2CCCCC2(O)C(C)c2cccc(C(F)(F)F)c2)C1. The number of nitrogens with one attached hydrogen (secondary N) is 1. The van der Waals surface area contributed by atoms with Crippen LogP contribution in [0.1, 0.15) is 56.1 Å². The first-order valence-electron chi connectivity index (χ1n) is 9.56. The van der Waals surface area contributed by atoms with Gasteiger partial charge in [-0.2, -0.15) is 13.2 Å². The molecule has 4 atom stereocenters. The predicted octanol–water partition coefficient (Wildman–Crippen LogP) is 3.78. The Morgan fingerprint density at radius 3 is 2.69 bits per heavy atom. The molecule has 3 rings (SSSR count). The van der Waals surface area contributed by atoms with Gasteiger partial charge >= 0.3 is 6.18 Å². The Kier molecular flexibility index (Phi) is 5.66. The van der Waals surface area contributed by atoms with Gasteiger partial charge in [0, 0.05) is 31.1 Å². The second kappa shape index (κ2) is 7.49. The highest BCUT2D eigenvalue weighted by molar-refractivity contribution is 5.30. The number of alkyl halides is 3. The van der Waals surface area contributed by atoms with Gasteiger partial charge in [-0.15, -0.1) is 0 Å². The van der Waals surface area contributed by atoms with Crippen molar-refractivity contribution >= 4 is 0 Å². The Morgan fingerprint density at radius 2 is 2.04 bits per heavy atom. The van der Waals surface area contributed by atoms with Gasteiger partial charge in [0.15, 0.2) is 0 Å². The van der Waals surface area contributed by atoms with Crippen LogP contribution in [0, 0.1) is 0 Å². The molecular formula is C20H29F3N2O. The van der Waals surface area contributed by atoms with Crippen LogP contribution in [0.25, 0.3) is 0 Å². The summed E-state index contributed by atoms with van der Waals surface area (Å²) >= 11 is 0.